The molecule has 0 bridgehead atoms. The van der Waals surface area contributed by atoms with Gasteiger partial charge in [0.1, 0.15) is 11.9 Å². The van der Waals surface area contributed by atoms with E-state index < -0.39 is 0 Å². The van der Waals surface area contributed by atoms with Crippen LogP contribution in [0.1, 0.15) is 38.6 Å². The first-order valence-corrected chi connectivity index (χ1v) is 8.71. The molecule has 134 valence electrons. The summed E-state index contributed by atoms with van der Waals surface area (Å²) in [5, 5.41) is 10.3. The van der Waals surface area contributed by atoms with Crippen molar-refractivity contribution in [2.45, 2.75) is 45.3 Å². The molecular formula is C19H26N4O2. The van der Waals surface area contributed by atoms with Crippen LogP contribution in [0, 0.1) is 0 Å². The highest BCUT2D eigenvalue weighted by Gasteiger charge is 2.27. The molecule has 6 nitrogen and oxygen atoms in total. The molecule has 1 fully saturated rings. The number of likely N-dealkylation sites (tertiary alicyclic amines) is 1. The summed E-state index contributed by atoms with van der Waals surface area (Å²) in [6.45, 7) is 8.10. The van der Waals surface area contributed by atoms with E-state index in [9.17, 15) is 4.79 Å². The Morgan fingerprint density at radius 1 is 1.36 bits per heavy atom. The standard InChI is InChI=1S/C19H26N4O2/c1-19(2,3)17-11-14(21-22-17)12-20-18(24)23-10-9-16(13-23)25-15-7-5-4-6-8-15/h4-8,11,16H,9-10,12-13H2,1-3H3,(H,20,24)(H,21,22)/t16-/m0/s1. The monoisotopic (exact) mass is 342 g/mol. The molecule has 0 aliphatic carbocycles. The number of urea groups is 1. The minimum atomic E-state index is -0.0638. The molecular weight excluding hydrogens is 316 g/mol. The van der Waals surface area contributed by atoms with Crippen molar-refractivity contribution in [3.63, 3.8) is 0 Å². The maximum absolute atomic E-state index is 12.3. The maximum atomic E-state index is 12.3. The van der Waals surface area contributed by atoms with Gasteiger partial charge in [-0.3, -0.25) is 5.10 Å². The van der Waals surface area contributed by atoms with Crippen LogP contribution in [0.2, 0.25) is 0 Å². The van der Waals surface area contributed by atoms with E-state index in [1.807, 2.05) is 36.4 Å². The molecule has 1 atom stereocenters. The summed E-state index contributed by atoms with van der Waals surface area (Å²) in [5.74, 6) is 0.849. The summed E-state index contributed by atoms with van der Waals surface area (Å²) in [6, 6.07) is 11.7. The van der Waals surface area contributed by atoms with Crippen molar-refractivity contribution in [1.29, 1.82) is 0 Å². The molecule has 0 unspecified atom stereocenters. The molecule has 2 heterocycles. The molecule has 6 heteroatoms. The zero-order valence-electron chi connectivity index (χ0n) is 15.1. The number of ether oxygens (including phenoxy) is 1. The number of aromatic amines is 1. The molecule has 1 aliphatic rings. The van der Waals surface area contributed by atoms with Gasteiger partial charge in [-0.05, 0) is 18.2 Å². The van der Waals surface area contributed by atoms with E-state index in [2.05, 4.69) is 36.3 Å². The molecule has 1 aliphatic heterocycles. The van der Waals surface area contributed by atoms with Crippen molar-refractivity contribution < 1.29 is 9.53 Å². The number of H-pyrrole nitrogens is 1. The van der Waals surface area contributed by atoms with Gasteiger partial charge in [0.15, 0.2) is 0 Å². The molecule has 1 saturated heterocycles. The van der Waals surface area contributed by atoms with Crippen LogP contribution in [0.25, 0.3) is 0 Å². The van der Waals surface area contributed by atoms with Crippen LogP contribution in [0.5, 0.6) is 5.75 Å². The lowest BCUT2D eigenvalue weighted by atomic mass is 9.92. The van der Waals surface area contributed by atoms with Crippen molar-refractivity contribution in [3.05, 3.63) is 47.8 Å². The number of carbonyl (C=O) groups excluding carboxylic acids is 1. The molecule has 1 aromatic carbocycles. The van der Waals surface area contributed by atoms with Crippen LogP contribution in [0.4, 0.5) is 4.79 Å². The van der Waals surface area contributed by atoms with Crippen LogP contribution in [0.15, 0.2) is 36.4 Å². The summed E-state index contributed by atoms with van der Waals surface area (Å²) in [6.07, 6.45) is 0.897. The first-order chi connectivity index (χ1) is 11.9. The Balaban J connectivity index is 1.47. The lowest BCUT2D eigenvalue weighted by molar-refractivity contribution is 0.186. The maximum Gasteiger partial charge on any atom is 0.317 e. The van der Waals surface area contributed by atoms with Crippen LogP contribution in [-0.2, 0) is 12.0 Å². The molecule has 25 heavy (non-hydrogen) atoms. The second-order valence-corrected chi connectivity index (χ2v) is 7.47. The van der Waals surface area contributed by atoms with Gasteiger partial charge < -0.3 is 15.0 Å². The average Bonchev–Trinajstić information content (AvgIpc) is 3.22. The fraction of sp³-hybridized carbons (Fsp3) is 0.474. The Morgan fingerprint density at radius 3 is 2.80 bits per heavy atom. The van der Waals surface area contributed by atoms with Gasteiger partial charge in [-0.1, -0.05) is 39.0 Å². The zero-order chi connectivity index (χ0) is 17.9. The number of para-hydroxylation sites is 1. The summed E-state index contributed by atoms with van der Waals surface area (Å²) >= 11 is 0. The molecule has 1 aromatic heterocycles. The largest absolute Gasteiger partial charge is 0.489 e. The number of carbonyl (C=O) groups is 1. The quantitative estimate of drug-likeness (QED) is 0.897. The highest BCUT2D eigenvalue weighted by Crippen LogP contribution is 2.20. The third-order valence-corrected chi connectivity index (χ3v) is 4.31. The number of hydrogen-bond acceptors (Lipinski definition) is 3. The summed E-state index contributed by atoms with van der Waals surface area (Å²) in [7, 11) is 0. The molecule has 2 N–H and O–H groups in total. The van der Waals surface area contributed by atoms with E-state index >= 15 is 0 Å². The minimum Gasteiger partial charge on any atom is -0.489 e. The Bertz CT molecular complexity index is 706. The second-order valence-electron chi connectivity index (χ2n) is 7.47. The first kappa shape index (κ1) is 17.3. The minimum absolute atomic E-state index is 0.00426. The van der Waals surface area contributed by atoms with E-state index in [-0.39, 0.29) is 17.6 Å². The highest BCUT2D eigenvalue weighted by atomic mass is 16.5. The fourth-order valence-electron chi connectivity index (χ4n) is 2.82. The van der Waals surface area contributed by atoms with Crippen LogP contribution in [-0.4, -0.2) is 40.3 Å². The SMILES string of the molecule is CC(C)(C)c1cc(CNC(=O)N2CC[C@H](Oc3ccccc3)C2)[nH]n1. The predicted molar refractivity (Wildman–Crippen MR) is 96.6 cm³/mol. The molecule has 0 saturated carbocycles. The third-order valence-electron chi connectivity index (χ3n) is 4.31. The summed E-state index contributed by atoms with van der Waals surface area (Å²) in [5.41, 5.74) is 1.90. The third kappa shape index (κ3) is 4.53. The highest BCUT2D eigenvalue weighted by molar-refractivity contribution is 5.74. The smallest absolute Gasteiger partial charge is 0.317 e. The van der Waals surface area contributed by atoms with E-state index in [1.54, 1.807) is 4.90 Å². The van der Waals surface area contributed by atoms with E-state index in [0.29, 0.717) is 19.6 Å². The molecule has 0 spiro atoms. The normalized spacial score (nSPS) is 17.6. The number of nitrogens with zero attached hydrogens (tertiary/aromatic N) is 2. The summed E-state index contributed by atoms with van der Waals surface area (Å²) in [4.78, 5) is 14.1. The van der Waals surface area contributed by atoms with E-state index in [0.717, 1.165) is 23.6 Å². The fourth-order valence-corrected chi connectivity index (χ4v) is 2.82. The van der Waals surface area contributed by atoms with E-state index in [4.69, 9.17) is 4.74 Å². The Hall–Kier alpha value is -2.50. The zero-order valence-corrected chi connectivity index (χ0v) is 15.1. The van der Waals surface area contributed by atoms with Crippen LogP contribution in [0.3, 0.4) is 0 Å². The molecule has 2 aromatic rings. The van der Waals surface area contributed by atoms with Gasteiger partial charge in [-0.25, -0.2) is 4.79 Å². The lowest BCUT2D eigenvalue weighted by Crippen LogP contribution is -2.39. The number of rotatable bonds is 4. The number of benzene rings is 1. The van der Waals surface area contributed by atoms with Crippen molar-refractivity contribution in [1.82, 2.24) is 20.4 Å². The Labute approximate surface area is 148 Å². The van der Waals surface area contributed by atoms with Gasteiger partial charge in [0.05, 0.1) is 24.5 Å². The second kappa shape index (κ2) is 7.17. The topological polar surface area (TPSA) is 70.2 Å². The van der Waals surface area contributed by atoms with E-state index in [1.165, 1.54) is 0 Å². The molecule has 3 rings (SSSR count). The van der Waals surface area contributed by atoms with Gasteiger partial charge in [0.2, 0.25) is 0 Å². The number of hydrogen-bond donors (Lipinski definition) is 2. The van der Waals surface area contributed by atoms with Gasteiger partial charge in [0, 0.05) is 18.4 Å². The van der Waals surface area contributed by atoms with Gasteiger partial charge in [-0.2, -0.15) is 5.10 Å². The Morgan fingerprint density at radius 2 is 2.12 bits per heavy atom. The van der Waals surface area contributed by atoms with Gasteiger partial charge in [-0.15, -0.1) is 0 Å². The first-order valence-electron chi connectivity index (χ1n) is 8.71. The number of nitrogens with one attached hydrogen (secondary N) is 2. The van der Waals surface area contributed by atoms with Crippen molar-refractivity contribution >= 4 is 6.03 Å². The lowest BCUT2D eigenvalue weighted by Gasteiger charge is -2.17. The van der Waals surface area contributed by atoms with Crippen LogP contribution < -0.4 is 10.1 Å². The predicted octanol–water partition coefficient (Wildman–Crippen LogP) is 3.07. The number of amides is 2. The molecule has 2 amide bonds. The molecule has 0 radical (unpaired) electrons. The summed E-state index contributed by atoms with van der Waals surface area (Å²) < 4.78 is 5.92. The van der Waals surface area contributed by atoms with Crippen molar-refractivity contribution in [2.24, 2.45) is 0 Å². The van der Waals surface area contributed by atoms with Gasteiger partial charge in [0.25, 0.3) is 0 Å². The van der Waals surface area contributed by atoms with Crippen LogP contribution >= 0.6 is 0 Å². The number of aromatic nitrogens is 2. The van der Waals surface area contributed by atoms with Crippen molar-refractivity contribution in [3.8, 4) is 5.75 Å². The Kier molecular flexibility index (Phi) is 4.97. The van der Waals surface area contributed by atoms with Crippen molar-refractivity contribution in [2.75, 3.05) is 13.1 Å². The average molecular weight is 342 g/mol. The van der Waals surface area contributed by atoms with Gasteiger partial charge >= 0.3 is 6.03 Å².